The monoisotopic (exact) mass is 469 g/mol. The number of hydrogen-bond donors (Lipinski definition) is 3. The van der Waals surface area contributed by atoms with Crippen LogP contribution in [0.15, 0.2) is 12.5 Å². The molecule has 1 aliphatic heterocycles. The zero-order valence-electron chi connectivity index (χ0n) is 18.7. The maximum Gasteiger partial charge on any atom is 0.323 e. The van der Waals surface area contributed by atoms with E-state index < -0.39 is 36.4 Å². The Morgan fingerprint density at radius 3 is 2.59 bits per heavy atom. The van der Waals surface area contributed by atoms with Gasteiger partial charge in [0.2, 0.25) is 11.8 Å². The van der Waals surface area contributed by atoms with E-state index in [1.165, 1.54) is 39.0 Å². The average molecular weight is 470 g/mol. The minimum absolute atomic E-state index is 0. The standard InChI is InChI=1S/C22H35N5O4.ClH/c1-15(23)21(30)27(13-20(28)29)22(31)19-10-17(16-6-3-2-4-7-16)12-26(19)9-5-8-18-11-24-14-25-18;/h11,14-17,19H,2-10,12-13,23H2,1H3,(H,24,25)(H,28,29);1H/t15-,17?,19-;/m0./s1. The largest absolute Gasteiger partial charge is 0.480 e. The molecule has 1 unspecified atom stereocenters. The number of rotatable bonds is 9. The van der Waals surface area contributed by atoms with Crippen LogP contribution < -0.4 is 5.73 Å². The van der Waals surface area contributed by atoms with Gasteiger partial charge in [-0.1, -0.05) is 32.1 Å². The predicted molar refractivity (Wildman–Crippen MR) is 122 cm³/mol. The number of nitrogens with two attached hydrogens (primary N) is 1. The number of aliphatic carboxylic acids is 1. The van der Waals surface area contributed by atoms with Gasteiger partial charge >= 0.3 is 5.97 Å². The number of likely N-dealkylation sites (tertiary alicyclic amines) is 1. The number of imide groups is 1. The highest BCUT2D eigenvalue weighted by Crippen LogP contribution is 2.38. The molecule has 2 amide bonds. The molecule has 4 N–H and O–H groups in total. The molecular formula is C22H36ClN5O4. The summed E-state index contributed by atoms with van der Waals surface area (Å²) in [6.45, 7) is 2.36. The predicted octanol–water partition coefficient (Wildman–Crippen LogP) is 1.82. The zero-order valence-corrected chi connectivity index (χ0v) is 19.6. The molecule has 2 heterocycles. The van der Waals surface area contributed by atoms with Gasteiger partial charge < -0.3 is 15.8 Å². The van der Waals surface area contributed by atoms with Crippen molar-refractivity contribution in [1.29, 1.82) is 0 Å². The third-order valence-corrected chi connectivity index (χ3v) is 6.70. The number of amides is 2. The fourth-order valence-corrected chi connectivity index (χ4v) is 5.11. The average Bonchev–Trinajstić information content (AvgIpc) is 3.42. The number of carboxylic acid groups (broad SMARTS) is 1. The van der Waals surface area contributed by atoms with E-state index in [-0.39, 0.29) is 12.4 Å². The molecule has 10 heteroatoms. The minimum Gasteiger partial charge on any atom is -0.480 e. The van der Waals surface area contributed by atoms with Gasteiger partial charge in [-0.05, 0) is 44.6 Å². The quantitative estimate of drug-likeness (QED) is 0.502. The second-order valence-electron chi connectivity index (χ2n) is 9.03. The fraction of sp³-hybridized carbons (Fsp3) is 0.727. The van der Waals surface area contributed by atoms with Gasteiger partial charge in [-0.15, -0.1) is 12.4 Å². The van der Waals surface area contributed by atoms with Crippen molar-refractivity contribution >= 4 is 30.2 Å². The number of hydrogen-bond acceptors (Lipinski definition) is 6. The van der Waals surface area contributed by atoms with Gasteiger partial charge in [-0.3, -0.25) is 24.2 Å². The van der Waals surface area contributed by atoms with Crippen molar-refractivity contribution in [3.63, 3.8) is 0 Å². The number of carbonyl (C=O) groups is 3. The molecular weight excluding hydrogens is 434 g/mol. The Bertz CT molecular complexity index is 752. The summed E-state index contributed by atoms with van der Waals surface area (Å²) < 4.78 is 0. The number of nitrogens with one attached hydrogen (secondary N) is 1. The first-order chi connectivity index (χ1) is 14.9. The molecule has 1 aromatic rings. The minimum atomic E-state index is -1.21. The normalized spacial score (nSPS) is 22.8. The SMILES string of the molecule is C[C@H](N)C(=O)N(CC(=O)O)C(=O)[C@@H]1CC(C2CCCCC2)CN1CCCc1cnc[nH]1.Cl. The summed E-state index contributed by atoms with van der Waals surface area (Å²) in [6, 6.07) is -1.40. The smallest absolute Gasteiger partial charge is 0.323 e. The molecule has 32 heavy (non-hydrogen) atoms. The fourth-order valence-electron chi connectivity index (χ4n) is 5.11. The summed E-state index contributed by atoms with van der Waals surface area (Å²) in [5.74, 6) is -1.28. The molecule has 1 aromatic heterocycles. The molecule has 3 rings (SSSR count). The van der Waals surface area contributed by atoms with Crippen LogP contribution in [-0.4, -0.2) is 74.4 Å². The number of aromatic amines is 1. The molecule has 0 bridgehead atoms. The lowest BCUT2D eigenvalue weighted by Gasteiger charge is -2.29. The van der Waals surface area contributed by atoms with Crippen LogP contribution in [0.25, 0.3) is 0 Å². The third kappa shape index (κ3) is 6.76. The van der Waals surface area contributed by atoms with Crippen molar-refractivity contribution in [1.82, 2.24) is 19.8 Å². The number of carbonyl (C=O) groups excluding carboxylic acids is 2. The van der Waals surface area contributed by atoms with Gasteiger partial charge in [0, 0.05) is 18.4 Å². The molecule has 0 aromatic carbocycles. The molecule has 1 aliphatic carbocycles. The van der Waals surface area contributed by atoms with Crippen LogP contribution in [0, 0.1) is 11.8 Å². The summed E-state index contributed by atoms with van der Waals surface area (Å²) in [5.41, 5.74) is 6.75. The van der Waals surface area contributed by atoms with E-state index in [4.69, 9.17) is 5.73 Å². The Labute approximate surface area is 195 Å². The number of imidazole rings is 1. The topological polar surface area (TPSA) is 133 Å². The first-order valence-electron chi connectivity index (χ1n) is 11.4. The van der Waals surface area contributed by atoms with Crippen molar-refractivity contribution in [3.8, 4) is 0 Å². The highest BCUT2D eigenvalue weighted by molar-refractivity contribution is 6.02. The maximum atomic E-state index is 13.4. The Morgan fingerprint density at radius 2 is 2.00 bits per heavy atom. The van der Waals surface area contributed by atoms with Crippen LogP contribution in [0.4, 0.5) is 0 Å². The van der Waals surface area contributed by atoms with Crippen LogP contribution >= 0.6 is 12.4 Å². The Hall–Kier alpha value is -1.97. The van der Waals surface area contributed by atoms with Crippen molar-refractivity contribution in [2.45, 2.75) is 70.4 Å². The van der Waals surface area contributed by atoms with Gasteiger partial charge in [-0.2, -0.15) is 0 Å². The van der Waals surface area contributed by atoms with Crippen LogP contribution in [0.3, 0.4) is 0 Å². The lowest BCUT2D eigenvalue weighted by Crippen LogP contribution is -2.53. The first kappa shape index (κ1) is 26.3. The van der Waals surface area contributed by atoms with E-state index in [1.807, 2.05) is 0 Å². The lowest BCUT2D eigenvalue weighted by molar-refractivity contribution is -0.155. The molecule has 9 nitrogen and oxygen atoms in total. The molecule has 2 fully saturated rings. The number of carboxylic acids is 1. The van der Waals surface area contributed by atoms with Crippen molar-refractivity contribution < 1.29 is 19.5 Å². The number of aryl methyl sites for hydroxylation is 1. The summed E-state index contributed by atoms with van der Waals surface area (Å²) in [6.07, 6.45) is 11.9. The first-order valence-corrected chi connectivity index (χ1v) is 11.4. The highest BCUT2D eigenvalue weighted by Gasteiger charge is 2.43. The van der Waals surface area contributed by atoms with E-state index in [0.29, 0.717) is 24.8 Å². The number of nitrogens with zero attached hydrogens (tertiary/aromatic N) is 3. The van der Waals surface area contributed by atoms with Gasteiger partial charge in [0.15, 0.2) is 0 Å². The Morgan fingerprint density at radius 1 is 1.28 bits per heavy atom. The van der Waals surface area contributed by atoms with Crippen molar-refractivity contribution in [2.75, 3.05) is 19.6 Å². The second kappa shape index (κ2) is 12.3. The zero-order chi connectivity index (χ0) is 22.4. The molecule has 3 atom stereocenters. The van der Waals surface area contributed by atoms with E-state index in [9.17, 15) is 19.5 Å². The summed E-state index contributed by atoms with van der Waals surface area (Å²) in [5, 5.41) is 9.27. The van der Waals surface area contributed by atoms with Crippen molar-refractivity contribution in [3.05, 3.63) is 18.2 Å². The van der Waals surface area contributed by atoms with E-state index in [0.717, 1.165) is 30.0 Å². The molecule has 180 valence electrons. The van der Waals surface area contributed by atoms with Crippen LogP contribution in [0.5, 0.6) is 0 Å². The molecule has 2 aliphatic rings. The van der Waals surface area contributed by atoms with Gasteiger partial charge in [0.25, 0.3) is 0 Å². The van der Waals surface area contributed by atoms with E-state index in [2.05, 4.69) is 14.9 Å². The molecule has 1 saturated heterocycles. The number of H-pyrrole nitrogens is 1. The third-order valence-electron chi connectivity index (χ3n) is 6.70. The van der Waals surface area contributed by atoms with Gasteiger partial charge in [-0.25, -0.2) is 4.98 Å². The Balaban J connectivity index is 0.00000363. The summed E-state index contributed by atoms with van der Waals surface area (Å²) >= 11 is 0. The highest BCUT2D eigenvalue weighted by atomic mass is 35.5. The maximum absolute atomic E-state index is 13.4. The number of aromatic nitrogens is 2. The summed E-state index contributed by atoms with van der Waals surface area (Å²) in [7, 11) is 0. The van der Waals surface area contributed by atoms with Crippen LogP contribution in [0.1, 0.15) is 57.6 Å². The second-order valence-corrected chi connectivity index (χ2v) is 9.03. The van der Waals surface area contributed by atoms with E-state index in [1.54, 1.807) is 12.5 Å². The van der Waals surface area contributed by atoms with Gasteiger partial charge in [0.05, 0.1) is 18.4 Å². The number of halogens is 1. The Kier molecular flexibility index (Phi) is 10.1. The van der Waals surface area contributed by atoms with Crippen LogP contribution in [0.2, 0.25) is 0 Å². The summed E-state index contributed by atoms with van der Waals surface area (Å²) in [4.78, 5) is 47.4. The molecule has 0 spiro atoms. The van der Waals surface area contributed by atoms with Crippen LogP contribution in [-0.2, 0) is 20.8 Å². The molecule has 1 saturated carbocycles. The van der Waals surface area contributed by atoms with E-state index >= 15 is 0 Å². The lowest BCUT2D eigenvalue weighted by atomic mass is 9.79. The molecule has 0 radical (unpaired) electrons. The van der Waals surface area contributed by atoms with Gasteiger partial charge in [0.1, 0.15) is 6.54 Å². The van der Waals surface area contributed by atoms with Crippen molar-refractivity contribution in [2.24, 2.45) is 17.6 Å².